The van der Waals surface area contributed by atoms with Crippen LogP contribution in [0.5, 0.6) is 0 Å². The molecule has 0 radical (unpaired) electrons. The maximum absolute atomic E-state index is 10.2. The Balaban J connectivity index is 2.35. The van der Waals surface area contributed by atoms with E-state index in [9.17, 15) is 4.79 Å². The minimum Gasteiger partial charge on any atom is -0.450 e. The monoisotopic (exact) mass is 170 g/mol. The average molecular weight is 170 g/mol. The van der Waals surface area contributed by atoms with Crippen molar-refractivity contribution in [3.8, 4) is 0 Å². The Kier molecular flexibility index (Phi) is 3.14. The lowest BCUT2D eigenvalue weighted by Crippen LogP contribution is -2.23. The summed E-state index contributed by atoms with van der Waals surface area (Å²) >= 11 is 0. The van der Waals surface area contributed by atoms with E-state index >= 15 is 0 Å². The molecule has 0 amide bonds. The Morgan fingerprint density at radius 2 is 2.33 bits per heavy atom. The minimum atomic E-state index is -1.16. The Labute approximate surface area is 72.0 Å². The van der Waals surface area contributed by atoms with E-state index in [4.69, 9.17) is 9.84 Å². The van der Waals surface area contributed by atoms with Crippen LogP contribution in [-0.2, 0) is 4.74 Å². The van der Waals surface area contributed by atoms with Gasteiger partial charge in [0.05, 0.1) is 0 Å². The van der Waals surface area contributed by atoms with Gasteiger partial charge in [-0.1, -0.05) is 6.08 Å². The van der Waals surface area contributed by atoms with Gasteiger partial charge in [-0.3, -0.25) is 0 Å². The van der Waals surface area contributed by atoms with Crippen LogP contribution in [0.2, 0.25) is 0 Å². The normalized spacial score (nSPS) is 29.3. The topological polar surface area (TPSA) is 46.5 Å². The van der Waals surface area contributed by atoms with Gasteiger partial charge >= 0.3 is 6.16 Å². The Morgan fingerprint density at radius 1 is 1.58 bits per heavy atom. The molecule has 12 heavy (non-hydrogen) atoms. The maximum Gasteiger partial charge on any atom is 0.506 e. The summed E-state index contributed by atoms with van der Waals surface area (Å²) in [6.45, 7) is 3.69. The summed E-state index contributed by atoms with van der Waals surface area (Å²) in [6, 6.07) is 0. The average Bonchev–Trinajstić information content (AvgIpc) is 2.03. The van der Waals surface area contributed by atoms with E-state index in [0.717, 1.165) is 25.7 Å². The summed E-state index contributed by atoms with van der Waals surface area (Å²) in [7, 11) is 0. The Hall–Kier alpha value is -0.990. The predicted octanol–water partition coefficient (Wildman–Crippen LogP) is 2.43. The summed E-state index contributed by atoms with van der Waals surface area (Å²) in [5.74, 6) is 0.433. The fourth-order valence-corrected chi connectivity index (χ4v) is 1.64. The van der Waals surface area contributed by atoms with Gasteiger partial charge in [0.1, 0.15) is 6.10 Å². The minimum absolute atomic E-state index is 0.112. The lowest BCUT2D eigenvalue weighted by molar-refractivity contribution is 0.0293. The SMILES string of the molecule is C=CC1CCCC(OC(=O)O)C1. The molecule has 0 saturated heterocycles. The number of allylic oxidation sites excluding steroid dienone is 1. The second-order valence-electron chi connectivity index (χ2n) is 3.17. The second kappa shape index (κ2) is 4.14. The molecule has 1 aliphatic rings. The zero-order valence-electron chi connectivity index (χ0n) is 7.03. The fourth-order valence-electron chi connectivity index (χ4n) is 1.64. The highest BCUT2D eigenvalue weighted by atomic mass is 16.7. The molecule has 0 heterocycles. The zero-order chi connectivity index (χ0) is 8.97. The molecule has 1 fully saturated rings. The van der Waals surface area contributed by atoms with E-state index in [0.29, 0.717) is 5.92 Å². The van der Waals surface area contributed by atoms with Crippen molar-refractivity contribution in [2.75, 3.05) is 0 Å². The molecular weight excluding hydrogens is 156 g/mol. The van der Waals surface area contributed by atoms with Gasteiger partial charge in [0.2, 0.25) is 0 Å². The van der Waals surface area contributed by atoms with Crippen LogP contribution in [0, 0.1) is 5.92 Å². The van der Waals surface area contributed by atoms with Gasteiger partial charge in [-0.25, -0.2) is 4.79 Å². The second-order valence-corrected chi connectivity index (χ2v) is 3.17. The summed E-state index contributed by atoms with van der Waals surface area (Å²) in [6.07, 6.45) is 4.42. The van der Waals surface area contributed by atoms with Crippen molar-refractivity contribution in [2.45, 2.75) is 31.8 Å². The van der Waals surface area contributed by atoms with Crippen molar-refractivity contribution in [3.63, 3.8) is 0 Å². The lowest BCUT2D eigenvalue weighted by Gasteiger charge is -2.25. The number of hydrogen-bond acceptors (Lipinski definition) is 2. The first-order valence-electron chi connectivity index (χ1n) is 4.24. The van der Waals surface area contributed by atoms with E-state index in [-0.39, 0.29) is 6.10 Å². The summed E-state index contributed by atoms with van der Waals surface area (Å²) in [4.78, 5) is 10.2. The number of ether oxygens (including phenoxy) is 1. The number of carboxylic acid groups (broad SMARTS) is 1. The van der Waals surface area contributed by atoms with Gasteiger partial charge in [0, 0.05) is 0 Å². The van der Waals surface area contributed by atoms with Crippen LogP contribution in [0.3, 0.4) is 0 Å². The molecule has 0 aliphatic heterocycles. The number of rotatable bonds is 2. The fraction of sp³-hybridized carbons (Fsp3) is 0.667. The van der Waals surface area contributed by atoms with Gasteiger partial charge in [0.15, 0.2) is 0 Å². The maximum atomic E-state index is 10.2. The molecule has 1 aliphatic carbocycles. The largest absolute Gasteiger partial charge is 0.506 e. The van der Waals surface area contributed by atoms with Crippen molar-refractivity contribution in [3.05, 3.63) is 12.7 Å². The Morgan fingerprint density at radius 3 is 2.92 bits per heavy atom. The highest BCUT2D eigenvalue weighted by molar-refractivity contribution is 5.57. The molecule has 3 heteroatoms. The number of carbonyl (C=O) groups is 1. The molecule has 1 saturated carbocycles. The third-order valence-electron chi connectivity index (χ3n) is 2.27. The van der Waals surface area contributed by atoms with Crippen molar-refractivity contribution < 1.29 is 14.6 Å². The van der Waals surface area contributed by atoms with E-state index in [1.165, 1.54) is 0 Å². The van der Waals surface area contributed by atoms with E-state index < -0.39 is 6.16 Å². The van der Waals surface area contributed by atoms with Crippen LogP contribution in [0.1, 0.15) is 25.7 Å². The van der Waals surface area contributed by atoms with Crippen molar-refractivity contribution in [1.82, 2.24) is 0 Å². The van der Waals surface area contributed by atoms with Crippen LogP contribution >= 0.6 is 0 Å². The van der Waals surface area contributed by atoms with Crippen molar-refractivity contribution >= 4 is 6.16 Å². The first-order valence-corrected chi connectivity index (χ1v) is 4.24. The molecule has 2 atom stereocenters. The summed E-state index contributed by atoms with van der Waals surface area (Å²) in [5.41, 5.74) is 0. The molecule has 2 unspecified atom stereocenters. The summed E-state index contributed by atoms with van der Waals surface area (Å²) in [5, 5.41) is 8.38. The van der Waals surface area contributed by atoms with Crippen LogP contribution in [0.4, 0.5) is 4.79 Å². The van der Waals surface area contributed by atoms with Crippen LogP contribution < -0.4 is 0 Å². The third-order valence-corrected chi connectivity index (χ3v) is 2.27. The van der Waals surface area contributed by atoms with Crippen molar-refractivity contribution in [2.24, 2.45) is 5.92 Å². The Bertz CT molecular complexity index is 177. The third kappa shape index (κ3) is 2.57. The highest BCUT2D eigenvalue weighted by Crippen LogP contribution is 2.26. The molecule has 68 valence electrons. The first-order chi connectivity index (χ1) is 5.72. The smallest absolute Gasteiger partial charge is 0.450 e. The molecule has 0 aromatic carbocycles. The molecule has 1 rings (SSSR count). The van der Waals surface area contributed by atoms with Gasteiger partial charge in [-0.15, -0.1) is 6.58 Å². The molecule has 0 aromatic rings. The van der Waals surface area contributed by atoms with Gasteiger partial charge in [-0.2, -0.15) is 0 Å². The molecule has 3 nitrogen and oxygen atoms in total. The van der Waals surface area contributed by atoms with Gasteiger partial charge in [-0.05, 0) is 31.6 Å². The van der Waals surface area contributed by atoms with Crippen LogP contribution in [0.15, 0.2) is 12.7 Å². The predicted molar refractivity (Wildman–Crippen MR) is 45.1 cm³/mol. The van der Waals surface area contributed by atoms with Gasteiger partial charge < -0.3 is 9.84 Å². The van der Waals surface area contributed by atoms with E-state index in [1.807, 2.05) is 6.08 Å². The molecule has 0 aromatic heterocycles. The highest BCUT2D eigenvalue weighted by Gasteiger charge is 2.22. The lowest BCUT2D eigenvalue weighted by atomic mass is 9.87. The quantitative estimate of drug-likeness (QED) is 0.511. The molecular formula is C9H14O3. The summed E-state index contributed by atoms with van der Waals surface area (Å²) < 4.78 is 4.69. The van der Waals surface area contributed by atoms with Crippen molar-refractivity contribution in [1.29, 1.82) is 0 Å². The molecule has 1 N–H and O–H groups in total. The molecule has 0 bridgehead atoms. The van der Waals surface area contributed by atoms with Gasteiger partial charge in [0.25, 0.3) is 0 Å². The number of hydrogen-bond donors (Lipinski definition) is 1. The zero-order valence-corrected chi connectivity index (χ0v) is 7.03. The van der Waals surface area contributed by atoms with Crippen LogP contribution in [0.25, 0.3) is 0 Å². The first kappa shape index (κ1) is 9.10. The van der Waals surface area contributed by atoms with E-state index in [1.54, 1.807) is 0 Å². The van der Waals surface area contributed by atoms with E-state index in [2.05, 4.69) is 6.58 Å². The van der Waals surface area contributed by atoms with Crippen LogP contribution in [-0.4, -0.2) is 17.4 Å². The standard InChI is InChI=1S/C9H14O3/c1-2-7-4-3-5-8(6-7)12-9(10)11/h2,7-8H,1,3-6H2,(H,10,11). The molecule has 0 spiro atoms.